The molecule has 0 heterocycles. The summed E-state index contributed by atoms with van der Waals surface area (Å²) < 4.78 is 0. The number of aromatic carboxylic acids is 1. The minimum Gasteiger partial charge on any atom is -0.502 e. The standard InChI is InChI=1S/C14H11NO5/c1-8-6-10(14(17)18)2-4-11(8)9-3-5-13(16)12(7-9)15(19)20/h2-7,16H,1H3,(H,17,18). The molecular weight excluding hydrogens is 262 g/mol. The van der Waals surface area contributed by atoms with Gasteiger partial charge < -0.3 is 10.2 Å². The maximum Gasteiger partial charge on any atom is 0.335 e. The lowest BCUT2D eigenvalue weighted by molar-refractivity contribution is -0.385. The molecule has 2 aromatic rings. The molecule has 0 atom stereocenters. The monoisotopic (exact) mass is 273 g/mol. The Bertz CT molecular complexity index is 709. The van der Waals surface area contributed by atoms with Gasteiger partial charge in [-0.15, -0.1) is 0 Å². The highest BCUT2D eigenvalue weighted by Crippen LogP contribution is 2.32. The maximum atomic E-state index is 10.9. The van der Waals surface area contributed by atoms with Crippen molar-refractivity contribution in [2.24, 2.45) is 0 Å². The average molecular weight is 273 g/mol. The van der Waals surface area contributed by atoms with Crippen molar-refractivity contribution in [1.82, 2.24) is 0 Å². The van der Waals surface area contributed by atoms with E-state index in [0.717, 1.165) is 0 Å². The SMILES string of the molecule is Cc1cc(C(=O)O)ccc1-c1ccc(O)c([N+](=O)[O-])c1. The van der Waals surface area contributed by atoms with Gasteiger partial charge in [0, 0.05) is 6.07 Å². The van der Waals surface area contributed by atoms with Gasteiger partial charge in [-0.3, -0.25) is 10.1 Å². The molecule has 0 unspecified atom stereocenters. The van der Waals surface area contributed by atoms with E-state index in [2.05, 4.69) is 0 Å². The van der Waals surface area contributed by atoms with Gasteiger partial charge in [-0.25, -0.2) is 4.79 Å². The number of phenolic OH excluding ortho intramolecular Hbond substituents is 1. The number of phenols is 1. The van der Waals surface area contributed by atoms with Crippen LogP contribution in [-0.2, 0) is 0 Å². The molecule has 0 aliphatic heterocycles. The highest BCUT2D eigenvalue weighted by molar-refractivity contribution is 5.89. The molecule has 0 saturated carbocycles. The number of nitro groups is 1. The first-order chi connectivity index (χ1) is 9.40. The van der Waals surface area contributed by atoms with E-state index in [0.29, 0.717) is 16.7 Å². The van der Waals surface area contributed by atoms with Crippen molar-refractivity contribution in [3.05, 3.63) is 57.6 Å². The molecule has 0 aromatic heterocycles. The molecule has 0 bridgehead atoms. The molecule has 0 amide bonds. The lowest BCUT2D eigenvalue weighted by Gasteiger charge is -2.07. The second kappa shape index (κ2) is 5.00. The van der Waals surface area contributed by atoms with Gasteiger partial charge in [-0.05, 0) is 41.8 Å². The van der Waals surface area contributed by atoms with Gasteiger partial charge in [0.1, 0.15) is 0 Å². The zero-order chi connectivity index (χ0) is 14.9. The number of carbonyl (C=O) groups is 1. The Kier molecular flexibility index (Phi) is 3.39. The van der Waals surface area contributed by atoms with Crippen molar-refractivity contribution >= 4 is 11.7 Å². The van der Waals surface area contributed by atoms with E-state index >= 15 is 0 Å². The highest BCUT2D eigenvalue weighted by atomic mass is 16.6. The molecule has 0 aliphatic carbocycles. The summed E-state index contributed by atoms with van der Waals surface area (Å²) in [4.78, 5) is 21.0. The van der Waals surface area contributed by atoms with E-state index in [1.165, 1.54) is 24.3 Å². The van der Waals surface area contributed by atoms with E-state index in [1.54, 1.807) is 19.1 Å². The third-order valence-electron chi connectivity index (χ3n) is 2.96. The number of hydrogen-bond acceptors (Lipinski definition) is 4. The fourth-order valence-electron chi connectivity index (χ4n) is 1.96. The fraction of sp³-hybridized carbons (Fsp3) is 0.0714. The Morgan fingerprint density at radius 2 is 1.90 bits per heavy atom. The highest BCUT2D eigenvalue weighted by Gasteiger charge is 2.15. The summed E-state index contributed by atoms with van der Waals surface area (Å²) in [5.41, 5.74) is 1.68. The number of nitrogens with zero attached hydrogens (tertiary/aromatic N) is 1. The summed E-state index contributed by atoms with van der Waals surface area (Å²) in [6.07, 6.45) is 0. The number of carboxylic acid groups (broad SMARTS) is 1. The number of rotatable bonds is 3. The molecule has 2 rings (SSSR count). The van der Waals surface area contributed by atoms with Crippen LogP contribution < -0.4 is 0 Å². The first-order valence-electron chi connectivity index (χ1n) is 5.72. The summed E-state index contributed by atoms with van der Waals surface area (Å²) in [7, 11) is 0. The van der Waals surface area contributed by atoms with Crippen LogP contribution in [0.15, 0.2) is 36.4 Å². The Morgan fingerprint density at radius 3 is 2.45 bits per heavy atom. The zero-order valence-corrected chi connectivity index (χ0v) is 10.5. The van der Waals surface area contributed by atoms with Crippen molar-refractivity contribution < 1.29 is 19.9 Å². The Morgan fingerprint density at radius 1 is 1.20 bits per heavy atom. The topological polar surface area (TPSA) is 101 Å². The number of aromatic hydroxyl groups is 1. The van der Waals surface area contributed by atoms with Crippen molar-refractivity contribution in [1.29, 1.82) is 0 Å². The van der Waals surface area contributed by atoms with Crippen LogP contribution >= 0.6 is 0 Å². The second-order valence-corrected chi connectivity index (χ2v) is 4.30. The van der Waals surface area contributed by atoms with Crippen LogP contribution in [0.25, 0.3) is 11.1 Å². The second-order valence-electron chi connectivity index (χ2n) is 4.30. The van der Waals surface area contributed by atoms with Crippen molar-refractivity contribution in [2.75, 3.05) is 0 Å². The molecule has 6 nitrogen and oxygen atoms in total. The number of nitro benzene ring substituents is 1. The minimum atomic E-state index is -1.03. The number of benzene rings is 2. The largest absolute Gasteiger partial charge is 0.502 e. The van der Waals surface area contributed by atoms with Crippen LogP contribution in [0.1, 0.15) is 15.9 Å². The number of carboxylic acids is 1. The normalized spacial score (nSPS) is 10.2. The van der Waals surface area contributed by atoms with Crippen molar-refractivity contribution in [2.45, 2.75) is 6.92 Å². The summed E-state index contributed by atoms with van der Waals surface area (Å²) in [6.45, 7) is 1.72. The molecular formula is C14H11NO5. The van der Waals surface area contributed by atoms with Crippen LogP contribution in [0.3, 0.4) is 0 Å². The fourth-order valence-corrected chi connectivity index (χ4v) is 1.96. The van der Waals surface area contributed by atoms with Crippen molar-refractivity contribution in [3.63, 3.8) is 0 Å². The van der Waals surface area contributed by atoms with Crippen molar-refractivity contribution in [3.8, 4) is 16.9 Å². The van der Waals surface area contributed by atoms with Gasteiger partial charge in [-0.2, -0.15) is 0 Å². The smallest absolute Gasteiger partial charge is 0.335 e. The molecule has 20 heavy (non-hydrogen) atoms. The first kappa shape index (κ1) is 13.5. The van der Waals surface area contributed by atoms with E-state index in [9.17, 15) is 20.0 Å². The summed E-state index contributed by atoms with van der Waals surface area (Å²) in [5, 5.41) is 29.1. The Hall–Kier alpha value is -2.89. The molecule has 6 heteroatoms. The predicted molar refractivity (Wildman–Crippen MR) is 71.9 cm³/mol. The molecule has 0 radical (unpaired) electrons. The maximum absolute atomic E-state index is 10.9. The van der Waals surface area contributed by atoms with E-state index in [-0.39, 0.29) is 11.3 Å². The summed E-state index contributed by atoms with van der Waals surface area (Å²) in [5.74, 6) is -1.44. The third kappa shape index (κ3) is 2.44. The van der Waals surface area contributed by atoms with Gasteiger partial charge >= 0.3 is 11.7 Å². The molecule has 0 spiro atoms. The third-order valence-corrected chi connectivity index (χ3v) is 2.96. The van der Waals surface area contributed by atoms with Gasteiger partial charge in [0.15, 0.2) is 5.75 Å². The molecule has 102 valence electrons. The van der Waals surface area contributed by atoms with Crippen LogP contribution in [-0.4, -0.2) is 21.1 Å². The van der Waals surface area contributed by atoms with Crippen LogP contribution in [0.5, 0.6) is 5.75 Å². The molecule has 2 N–H and O–H groups in total. The molecule has 0 aliphatic rings. The van der Waals surface area contributed by atoms with E-state index in [1.807, 2.05) is 0 Å². The molecule has 2 aromatic carbocycles. The zero-order valence-electron chi connectivity index (χ0n) is 10.5. The van der Waals surface area contributed by atoms with E-state index < -0.39 is 16.6 Å². The lowest BCUT2D eigenvalue weighted by Crippen LogP contribution is -1.97. The predicted octanol–water partition coefficient (Wildman–Crippen LogP) is 2.97. The number of aryl methyl sites for hydroxylation is 1. The molecule has 0 saturated heterocycles. The van der Waals surface area contributed by atoms with E-state index in [4.69, 9.17) is 5.11 Å². The van der Waals surface area contributed by atoms with Gasteiger partial charge in [-0.1, -0.05) is 12.1 Å². The summed E-state index contributed by atoms with van der Waals surface area (Å²) >= 11 is 0. The summed E-state index contributed by atoms with van der Waals surface area (Å²) in [6, 6.07) is 8.58. The van der Waals surface area contributed by atoms with Crippen LogP contribution in [0.4, 0.5) is 5.69 Å². The quantitative estimate of drug-likeness (QED) is 0.661. The first-order valence-corrected chi connectivity index (χ1v) is 5.72. The Balaban J connectivity index is 2.54. The average Bonchev–Trinajstić information content (AvgIpc) is 2.39. The van der Waals surface area contributed by atoms with Crippen LogP contribution in [0, 0.1) is 17.0 Å². The number of hydrogen-bond donors (Lipinski definition) is 2. The van der Waals surface area contributed by atoms with Gasteiger partial charge in [0.05, 0.1) is 10.5 Å². The lowest BCUT2D eigenvalue weighted by atomic mass is 9.98. The van der Waals surface area contributed by atoms with Gasteiger partial charge in [0.25, 0.3) is 0 Å². The molecule has 0 fully saturated rings. The van der Waals surface area contributed by atoms with Crippen LogP contribution in [0.2, 0.25) is 0 Å². The Labute approximate surface area is 114 Å². The van der Waals surface area contributed by atoms with Gasteiger partial charge in [0.2, 0.25) is 0 Å². The minimum absolute atomic E-state index is 0.152.